The standard InChI is InChI=1S/C21H21Cl2N5O2S/c1-13-5-3-6-14(11-13)20-25-26-21(31)28(20)10-9-18(30)27(2)12-17(29)24-19-15(22)7-4-8-16(19)23/h3-8,11H,9-10,12H2,1-2H3,(H,24,29)(H,26,31). The van der Waals surface area contributed by atoms with Crippen LogP contribution in [0.3, 0.4) is 0 Å². The van der Waals surface area contributed by atoms with Gasteiger partial charge in [-0.1, -0.05) is 53.0 Å². The van der Waals surface area contributed by atoms with Crippen molar-refractivity contribution in [1.29, 1.82) is 0 Å². The molecule has 162 valence electrons. The van der Waals surface area contributed by atoms with E-state index in [2.05, 4.69) is 15.5 Å². The number of nitrogens with zero attached hydrogens (tertiary/aromatic N) is 3. The number of rotatable bonds is 7. The Kier molecular flexibility index (Phi) is 7.48. The van der Waals surface area contributed by atoms with Crippen molar-refractivity contribution in [1.82, 2.24) is 19.7 Å². The number of para-hydroxylation sites is 1. The zero-order valence-corrected chi connectivity index (χ0v) is 19.3. The van der Waals surface area contributed by atoms with Crippen molar-refractivity contribution >= 4 is 52.9 Å². The highest BCUT2D eigenvalue weighted by molar-refractivity contribution is 7.71. The van der Waals surface area contributed by atoms with Crippen LogP contribution in [0.1, 0.15) is 12.0 Å². The third kappa shape index (κ3) is 5.72. The fraction of sp³-hybridized carbons (Fsp3) is 0.238. The molecule has 10 heteroatoms. The molecule has 3 rings (SSSR count). The number of amides is 2. The molecule has 0 saturated carbocycles. The van der Waals surface area contributed by atoms with Crippen LogP contribution in [0.4, 0.5) is 5.69 Å². The minimum atomic E-state index is -0.397. The van der Waals surface area contributed by atoms with E-state index < -0.39 is 5.91 Å². The minimum absolute atomic E-state index is 0.137. The number of carbonyl (C=O) groups is 2. The smallest absolute Gasteiger partial charge is 0.244 e. The van der Waals surface area contributed by atoms with Crippen molar-refractivity contribution in [3.8, 4) is 11.4 Å². The molecule has 2 amide bonds. The van der Waals surface area contributed by atoms with Crippen molar-refractivity contribution < 1.29 is 9.59 Å². The molecule has 0 aliphatic carbocycles. The Morgan fingerprint density at radius 3 is 2.55 bits per heavy atom. The SMILES string of the molecule is Cc1cccc(-c2n[nH]c(=S)n2CCC(=O)N(C)CC(=O)Nc2c(Cl)cccc2Cl)c1. The number of aryl methyl sites for hydroxylation is 1. The molecule has 1 heterocycles. The van der Waals surface area contributed by atoms with Gasteiger partial charge in [-0.25, -0.2) is 0 Å². The van der Waals surface area contributed by atoms with Gasteiger partial charge in [0.05, 0.1) is 22.3 Å². The largest absolute Gasteiger partial charge is 0.336 e. The number of halogens is 2. The summed E-state index contributed by atoms with van der Waals surface area (Å²) in [5, 5.41) is 10.4. The highest BCUT2D eigenvalue weighted by Crippen LogP contribution is 2.29. The molecule has 0 saturated heterocycles. The molecule has 0 atom stereocenters. The Hall–Kier alpha value is -2.68. The summed E-state index contributed by atoms with van der Waals surface area (Å²) in [5.74, 6) is 0.0557. The minimum Gasteiger partial charge on any atom is -0.336 e. The molecule has 0 fully saturated rings. The van der Waals surface area contributed by atoms with Crippen LogP contribution in [0, 0.1) is 11.7 Å². The van der Waals surface area contributed by atoms with Gasteiger partial charge in [0.2, 0.25) is 11.8 Å². The van der Waals surface area contributed by atoms with E-state index in [4.69, 9.17) is 35.4 Å². The Bertz CT molecular complexity index is 1150. The summed E-state index contributed by atoms with van der Waals surface area (Å²) in [6.07, 6.45) is 0.156. The van der Waals surface area contributed by atoms with Gasteiger partial charge in [-0.05, 0) is 37.3 Å². The monoisotopic (exact) mass is 477 g/mol. The second kappa shape index (κ2) is 10.1. The quantitative estimate of drug-likeness (QED) is 0.482. The molecule has 0 aliphatic rings. The number of H-pyrrole nitrogens is 1. The zero-order valence-electron chi connectivity index (χ0n) is 17.0. The Labute approximate surface area is 195 Å². The van der Waals surface area contributed by atoms with Gasteiger partial charge >= 0.3 is 0 Å². The summed E-state index contributed by atoms with van der Waals surface area (Å²) in [6.45, 7) is 2.19. The number of anilines is 1. The van der Waals surface area contributed by atoms with E-state index in [1.54, 1.807) is 29.8 Å². The van der Waals surface area contributed by atoms with E-state index >= 15 is 0 Å². The zero-order chi connectivity index (χ0) is 22.5. The van der Waals surface area contributed by atoms with Crippen LogP contribution < -0.4 is 5.32 Å². The molecule has 0 unspecified atom stereocenters. The molecule has 2 aromatic carbocycles. The van der Waals surface area contributed by atoms with E-state index in [9.17, 15) is 9.59 Å². The van der Waals surface area contributed by atoms with E-state index in [0.717, 1.165) is 11.1 Å². The lowest BCUT2D eigenvalue weighted by molar-refractivity contribution is -0.133. The molecular formula is C21H21Cl2N5O2S. The second-order valence-electron chi connectivity index (χ2n) is 7.02. The number of benzene rings is 2. The van der Waals surface area contributed by atoms with Crippen LogP contribution in [0.2, 0.25) is 10.0 Å². The summed E-state index contributed by atoms with van der Waals surface area (Å²) in [4.78, 5) is 26.3. The second-order valence-corrected chi connectivity index (χ2v) is 8.22. The molecular weight excluding hydrogens is 457 g/mol. The molecule has 0 radical (unpaired) electrons. The van der Waals surface area contributed by atoms with E-state index in [1.165, 1.54) is 4.90 Å². The molecule has 0 spiro atoms. The van der Waals surface area contributed by atoms with Gasteiger partial charge in [0.25, 0.3) is 0 Å². The van der Waals surface area contributed by atoms with Crippen LogP contribution in [0.25, 0.3) is 11.4 Å². The van der Waals surface area contributed by atoms with Crippen molar-refractivity contribution in [3.63, 3.8) is 0 Å². The Morgan fingerprint density at radius 2 is 1.87 bits per heavy atom. The van der Waals surface area contributed by atoms with Gasteiger partial charge in [-0.15, -0.1) is 0 Å². The number of aromatic amines is 1. The number of likely N-dealkylation sites (N-methyl/N-ethyl adjacent to an activating group) is 1. The van der Waals surface area contributed by atoms with E-state index in [0.29, 0.717) is 32.9 Å². The topological polar surface area (TPSA) is 83.0 Å². The number of nitrogens with one attached hydrogen (secondary N) is 2. The van der Waals surface area contributed by atoms with Gasteiger partial charge < -0.3 is 10.2 Å². The summed E-state index contributed by atoms with van der Waals surface area (Å²) in [5.41, 5.74) is 2.33. The van der Waals surface area contributed by atoms with Crippen LogP contribution in [0.5, 0.6) is 0 Å². The Balaban J connectivity index is 1.62. The highest BCUT2D eigenvalue weighted by atomic mass is 35.5. The number of hydrogen-bond acceptors (Lipinski definition) is 4. The molecule has 3 aromatic rings. The third-order valence-corrected chi connectivity index (χ3v) is 5.56. The first kappa shape index (κ1) is 23.0. The molecule has 1 aromatic heterocycles. The number of hydrogen-bond donors (Lipinski definition) is 2. The van der Waals surface area contributed by atoms with Crippen molar-refractivity contribution in [2.75, 3.05) is 18.9 Å². The van der Waals surface area contributed by atoms with Gasteiger partial charge in [0.1, 0.15) is 0 Å². The number of carbonyl (C=O) groups excluding carboxylic acids is 2. The Morgan fingerprint density at radius 1 is 1.19 bits per heavy atom. The lowest BCUT2D eigenvalue weighted by Crippen LogP contribution is -2.35. The fourth-order valence-electron chi connectivity index (χ4n) is 3.03. The maximum Gasteiger partial charge on any atom is 0.244 e. The van der Waals surface area contributed by atoms with Crippen molar-refractivity contribution in [2.24, 2.45) is 0 Å². The first-order valence-electron chi connectivity index (χ1n) is 9.46. The average molecular weight is 478 g/mol. The first-order chi connectivity index (χ1) is 14.8. The van der Waals surface area contributed by atoms with Crippen LogP contribution in [0.15, 0.2) is 42.5 Å². The third-order valence-electron chi connectivity index (χ3n) is 4.62. The average Bonchev–Trinajstić information content (AvgIpc) is 3.09. The van der Waals surface area contributed by atoms with E-state index in [1.807, 2.05) is 31.2 Å². The summed E-state index contributed by atoms with van der Waals surface area (Å²) >= 11 is 17.5. The normalized spacial score (nSPS) is 10.7. The summed E-state index contributed by atoms with van der Waals surface area (Å²) in [7, 11) is 1.56. The molecule has 2 N–H and O–H groups in total. The maximum absolute atomic E-state index is 12.6. The highest BCUT2D eigenvalue weighted by Gasteiger charge is 2.17. The predicted octanol–water partition coefficient (Wildman–Crippen LogP) is 4.71. The molecule has 7 nitrogen and oxygen atoms in total. The van der Waals surface area contributed by atoms with Gasteiger partial charge in [0.15, 0.2) is 10.6 Å². The van der Waals surface area contributed by atoms with Crippen molar-refractivity contribution in [2.45, 2.75) is 19.9 Å². The molecule has 0 bridgehead atoms. The van der Waals surface area contributed by atoms with Gasteiger partial charge in [0, 0.05) is 25.6 Å². The first-order valence-corrected chi connectivity index (χ1v) is 10.6. The fourth-order valence-corrected chi connectivity index (χ4v) is 3.74. The van der Waals surface area contributed by atoms with Gasteiger partial charge in [-0.2, -0.15) is 5.10 Å². The van der Waals surface area contributed by atoms with Crippen LogP contribution in [-0.4, -0.2) is 45.1 Å². The molecule has 0 aliphatic heterocycles. The number of aromatic nitrogens is 3. The lowest BCUT2D eigenvalue weighted by atomic mass is 10.1. The predicted molar refractivity (Wildman–Crippen MR) is 125 cm³/mol. The maximum atomic E-state index is 12.6. The van der Waals surface area contributed by atoms with E-state index in [-0.39, 0.29) is 18.9 Å². The van der Waals surface area contributed by atoms with Crippen LogP contribution >= 0.6 is 35.4 Å². The lowest BCUT2D eigenvalue weighted by Gasteiger charge is -2.18. The molecule has 31 heavy (non-hydrogen) atoms. The summed E-state index contributed by atoms with van der Waals surface area (Å²) in [6, 6.07) is 12.8. The van der Waals surface area contributed by atoms with Gasteiger partial charge in [-0.3, -0.25) is 19.3 Å². The summed E-state index contributed by atoms with van der Waals surface area (Å²) < 4.78 is 2.21. The van der Waals surface area contributed by atoms with Crippen LogP contribution in [-0.2, 0) is 16.1 Å². The van der Waals surface area contributed by atoms with Crippen molar-refractivity contribution in [3.05, 3.63) is 62.8 Å².